The van der Waals surface area contributed by atoms with E-state index in [0.29, 0.717) is 0 Å². The Labute approximate surface area is 129 Å². The van der Waals surface area contributed by atoms with Crippen LogP contribution in [0.5, 0.6) is 0 Å². The number of hydrogen-bond donors (Lipinski definition) is 0. The minimum atomic E-state index is 0.875. The Bertz CT molecular complexity index is 773. The number of aromatic nitrogens is 1. The molecule has 1 aromatic heterocycles. The summed E-state index contributed by atoms with van der Waals surface area (Å²) in [5.41, 5.74) is 3.37. The molecule has 1 fully saturated rings. The standard InChI is InChI=1S/C18H19N3O/c1-14-7-8-16-17(13-14)22-19-18(16)21-11-9-20(10-12-21)15-5-3-2-4-6-15/h2-8,13H,9-12H2,1H3. The Kier molecular flexibility index (Phi) is 3.22. The van der Waals surface area contributed by atoms with E-state index in [9.17, 15) is 0 Å². The predicted octanol–water partition coefficient (Wildman–Crippen LogP) is 3.46. The van der Waals surface area contributed by atoms with Crippen LogP contribution < -0.4 is 9.80 Å². The molecule has 112 valence electrons. The Balaban J connectivity index is 1.53. The van der Waals surface area contributed by atoms with Gasteiger partial charge in [0.2, 0.25) is 0 Å². The van der Waals surface area contributed by atoms with Crippen molar-refractivity contribution in [3.05, 3.63) is 54.1 Å². The van der Waals surface area contributed by atoms with Crippen LogP contribution in [0.1, 0.15) is 5.56 Å². The Morgan fingerprint density at radius 2 is 1.64 bits per heavy atom. The minimum absolute atomic E-state index is 0.875. The molecule has 0 bridgehead atoms. The molecule has 2 heterocycles. The van der Waals surface area contributed by atoms with Crippen LogP contribution in [0.4, 0.5) is 11.5 Å². The number of para-hydroxylation sites is 1. The summed E-state index contributed by atoms with van der Waals surface area (Å²) in [5.74, 6) is 0.975. The molecule has 0 radical (unpaired) electrons. The van der Waals surface area contributed by atoms with Crippen LogP contribution in [0.3, 0.4) is 0 Å². The van der Waals surface area contributed by atoms with E-state index < -0.39 is 0 Å². The maximum Gasteiger partial charge on any atom is 0.180 e. The molecule has 3 aromatic rings. The third kappa shape index (κ3) is 2.30. The van der Waals surface area contributed by atoms with Gasteiger partial charge in [-0.25, -0.2) is 0 Å². The highest BCUT2D eigenvalue weighted by molar-refractivity contribution is 5.89. The summed E-state index contributed by atoms with van der Waals surface area (Å²) in [4.78, 5) is 4.74. The van der Waals surface area contributed by atoms with Crippen molar-refractivity contribution in [2.45, 2.75) is 6.92 Å². The van der Waals surface area contributed by atoms with Gasteiger partial charge in [-0.2, -0.15) is 0 Å². The first-order valence-electron chi connectivity index (χ1n) is 7.72. The summed E-state index contributed by atoms with van der Waals surface area (Å²) >= 11 is 0. The molecule has 4 rings (SSSR count). The Hall–Kier alpha value is -2.49. The van der Waals surface area contributed by atoms with Crippen molar-refractivity contribution in [3.8, 4) is 0 Å². The maximum atomic E-state index is 5.49. The largest absolute Gasteiger partial charge is 0.368 e. The van der Waals surface area contributed by atoms with E-state index in [-0.39, 0.29) is 0 Å². The van der Waals surface area contributed by atoms with Gasteiger partial charge in [0, 0.05) is 31.9 Å². The lowest BCUT2D eigenvalue weighted by atomic mass is 10.1. The third-order valence-corrected chi connectivity index (χ3v) is 4.31. The maximum absolute atomic E-state index is 5.49. The summed E-state index contributed by atoms with van der Waals surface area (Å²) in [6, 6.07) is 16.9. The molecule has 0 aliphatic carbocycles. The zero-order valence-electron chi connectivity index (χ0n) is 12.7. The monoisotopic (exact) mass is 293 g/mol. The minimum Gasteiger partial charge on any atom is -0.368 e. The molecule has 0 unspecified atom stereocenters. The number of nitrogens with zero attached hydrogens (tertiary/aromatic N) is 3. The zero-order chi connectivity index (χ0) is 14.9. The quantitative estimate of drug-likeness (QED) is 0.724. The lowest BCUT2D eigenvalue weighted by Gasteiger charge is -2.36. The van der Waals surface area contributed by atoms with Crippen molar-refractivity contribution in [2.75, 3.05) is 36.0 Å². The van der Waals surface area contributed by atoms with Gasteiger partial charge in [-0.15, -0.1) is 0 Å². The van der Waals surface area contributed by atoms with Crippen LogP contribution in [-0.4, -0.2) is 31.3 Å². The van der Waals surface area contributed by atoms with E-state index in [1.54, 1.807) is 0 Å². The molecule has 22 heavy (non-hydrogen) atoms. The fourth-order valence-electron chi connectivity index (χ4n) is 3.07. The summed E-state index contributed by atoms with van der Waals surface area (Å²) in [7, 11) is 0. The highest BCUT2D eigenvalue weighted by Crippen LogP contribution is 2.28. The van der Waals surface area contributed by atoms with E-state index >= 15 is 0 Å². The van der Waals surface area contributed by atoms with E-state index in [0.717, 1.165) is 43.0 Å². The second-order valence-corrected chi connectivity index (χ2v) is 5.82. The van der Waals surface area contributed by atoms with Gasteiger partial charge in [0.15, 0.2) is 11.4 Å². The molecule has 1 saturated heterocycles. The second-order valence-electron chi connectivity index (χ2n) is 5.82. The normalized spacial score (nSPS) is 15.5. The topological polar surface area (TPSA) is 32.5 Å². The fourth-order valence-corrected chi connectivity index (χ4v) is 3.07. The van der Waals surface area contributed by atoms with E-state index in [1.165, 1.54) is 11.3 Å². The molecule has 0 N–H and O–H groups in total. The van der Waals surface area contributed by atoms with Gasteiger partial charge in [0.1, 0.15) is 0 Å². The molecule has 4 heteroatoms. The molecule has 0 atom stereocenters. The Morgan fingerprint density at radius 3 is 2.41 bits per heavy atom. The summed E-state index contributed by atoms with van der Waals surface area (Å²) in [6.45, 7) is 6.00. The van der Waals surface area contributed by atoms with Gasteiger partial charge in [0.25, 0.3) is 0 Å². The first-order chi connectivity index (χ1) is 10.8. The first kappa shape index (κ1) is 13.2. The summed E-state index contributed by atoms with van der Waals surface area (Å²) in [5, 5.41) is 5.40. The third-order valence-electron chi connectivity index (χ3n) is 4.31. The molecular formula is C18H19N3O. The smallest absolute Gasteiger partial charge is 0.180 e. The van der Waals surface area contributed by atoms with E-state index in [4.69, 9.17) is 4.52 Å². The highest BCUT2D eigenvalue weighted by Gasteiger charge is 2.21. The number of rotatable bonds is 2. The van der Waals surface area contributed by atoms with Gasteiger partial charge in [-0.05, 0) is 36.8 Å². The van der Waals surface area contributed by atoms with Crippen molar-refractivity contribution < 1.29 is 4.52 Å². The van der Waals surface area contributed by atoms with Gasteiger partial charge >= 0.3 is 0 Å². The molecule has 0 spiro atoms. The zero-order valence-corrected chi connectivity index (χ0v) is 12.7. The molecule has 0 amide bonds. The number of anilines is 2. The van der Waals surface area contributed by atoms with Crippen molar-refractivity contribution in [1.29, 1.82) is 0 Å². The van der Waals surface area contributed by atoms with Crippen LogP contribution in [0.2, 0.25) is 0 Å². The van der Waals surface area contributed by atoms with Crippen LogP contribution in [0.25, 0.3) is 11.0 Å². The van der Waals surface area contributed by atoms with Gasteiger partial charge in [0.05, 0.1) is 5.39 Å². The van der Waals surface area contributed by atoms with Crippen molar-refractivity contribution >= 4 is 22.5 Å². The van der Waals surface area contributed by atoms with Gasteiger partial charge in [-0.1, -0.05) is 29.4 Å². The number of fused-ring (bicyclic) bond motifs is 1. The fraction of sp³-hybridized carbons (Fsp3) is 0.278. The van der Waals surface area contributed by atoms with Crippen LogP contribution in [0, 0.1) is 6.92 Å². The second kappa shape index (κ2) is 5.37. The van der Waals surface area contributed by atoms with E-state index in [2.05, 4.69) is 64.3 Å². The van der Waals surface area contributed by atoms with Crippen molar-refractivity contribution in [3.63, 3.8) is 0 Å². The molecule has 4 nitrogen and oxygen atoms in total. The van der Waals surface area contributed by atoms with Crippen LogP contribution >= 0.6 is 0 Å². The predicted molar refractivity (Wildman–Crippen MR) is 89.6 cm³/mol. The SMILES string of the molecule is Cc1ccc2c(N3CCN(c4ccccc4)CC3)noc2c1. The number of piperazine rings is 1. The number of aryl methyl sites for hydroxylation is 1. The van der Waals surface area contributed by atoms with Crippen LogP contribution in [-0.2, 0) is 0 Å². The lowest BCUT2D eigenvalue weighted by molar-refractivity contribution is 0.452. The van der Waals surface area contributed by atoms with Crippen molar-refractivity contribution in [2.24, 2.45) is 0 Å². The Morgan fingerprint density at radius 1 is 0.909 bits per heavy atom. The molecule has 1 aliphatic heterocycles. The molecule has 1 aliphatic rings. The highest BCUT2D eigenvalue weighted by atomic mass is 16.5. The first-order valence-corrected chi connectivity index (χ1v) is 7.72. The average Bonchev–Trinajstić information content (AvgIpc) is 2.99. The summed E-state index contributed by atoms with van der Waals surface area (Å²) < 4.78 is 5.49. The molecular weight excluding hydrogens is 274 g/mol. The lowest BCUT2D eigenvalue weighted by Crippen LogP contribution is -2.46. The van der Waals surface area contributed by atoms with Gasteiger partial charge < -0.3 is 14.3 Å². The molecule has 2 aromatic carbocycles. The van der Waals surface area contributed by atoms with Gasteiger partial charge in [-0.3, -0.25) is 0 Å². The summed E-state index contributed by atoms with van der Waals surface area (Å²) in [6.07, 6.45) is 0. The van der Waals surface area contributed by atoms with E-state index in [1.807, 2.05) is 6.07 Å². The average molecular weight is 293 g/mol. The number of hydrogen-bond acceptors (Lipinski definition) is 4. The molecule has 0 saturated carbocycles. The van der Waals surface area contributed by atoms with Crippen molar-refractivity contribution in [1.82, 2.24) is 5.16 Å². The number of benzene rings is 2. The van der Waals surface area contributed by atoms with Crippen LogP contribution in [0.15, 0.2) is 53.1 Å².